The normalized spacial score (nSPS) is 9.68. The Kier molecular flexibility index (Phi) is 4.29. The van der Waals surface area contributed by atoms with Crippen LogP contribution >= 0.6 is 0 Å². The van der Waals surface area contributed by atoms with Crippen LogP contribution in [0.3, 0.4) is 0 Å². The van der Waals surface area contributed by atoms with E-state index in [1.54, 1.807) is 6.20 Å². The molecule has 19 heavy (non-hydrogen) atoms. The standard InChI is InChI=1S/C14H14N4O/c1-11-4-2-3-5-13(11)19-9-8-18-14-12(10-15)16-6-7-17-14/h2-7H,8-9H2,1H3,(H,17,18). The summed E-state index contributed by atoms with van der Waals surface area (Å²) < 4.78 is 5.64. The van der Waals surface area contributed by atoms with Gasteiger partial charge in [-0.05, 0) is 18.6 Å². The maximum Gasteiger partial charge on any atom is 0.182 e. The molecule has 0 radical (unpaired) electrons. The lowest BCUT2D eigenvalue weighted by atomic mass is 10.2. The van der Waals surface area contributed by atoms with Gasteiger partial charge in [0.2, 0.25) is 0 Å². The van der Waals surface area contributed by atoms with Crippen molar-refractivity contribution in [2.45, 2.75) is 6.92 Å². The van der Waals surface area contributed by atoms with Gasteiger partial charge in [0.25, 0.3) is 0 Å². The second-order valence-corrected chi connectivity index (χ2v) is 3.91. The smallest absolute Gasteiger partial charge is 0.182 e. The van der Waals surface area contributed by atoms with Crippen molar-refractivity contribution in [1.82, 2.24) is 9.97 Å². The number of anilines is 1. The van der Waals surface area contributed by atoms with Crippen LogP contribution in [0.15, 0.2) is 36.7 Å². The SMILES string of the molecule is Cc1ccccc1OCCNc1nccnc1C#N. The zero-order valence-corrected chi connectivity index (χ0v) is 10.6. The highest BCUT2D eigenvalue weighted by molar-refractivity contribution is 5.46. The van der Waals surface area contributed by atoms with Crippen molar-refractivity contribution < 1.29 is 4.74 Å². The van der Waals surface area contributed by atoms with Crippen LogP contribution in [0.4, 0.5) is 5.82 Å². The fourth-order valence-electron chi connectivity index (χ4n) is 1.60. The number of nitrogens with zero attached hydrogens (tertiary/aromatic N) is 3. The molecule has 2 rings (SSSR count). The molecular formula is C14H14N4O. The first kappa shape index (κ1) is 12.8. The molecule has 0 fully saturated rings. The molecule has 2 aromatic rings. The third-order valence-corrected chi connectivity index (χ3v) is 2.55. The Hall–Kier alpha value is -2.61. The van der Waals surface area contributed by atoms with Crippen LogP contribution in [0, 0.1) is 18.3 Å². The number of nitrogens with one attached hydrogen (secondary N) is 1. The minimum Gasteiger partial charge on any atom is -0.491 e. The molecule has 1 aromatic carbocycles. The topological polar surface area (TPSA) is 70.8 Å². The van der Waals surface area contributed by atoms with Gasteiger partial charge in [-0.2, -0.15) is 5.26 Å². The molecule has 0 bridgehead atoms. The average Bonchev–Trinajstić information content (AvgIpc) is 2.45. The van der Waals surface area contributed by atoms with Gasteiger partial charge in [0, 0.05) is 12.4 Å². The van der Waals surface area contributed by atoms with E-state index >= 15 is 0 Å². The fraction of sp³-hybridized carbons (Fsp3) is 0.214. The lowest BCUT2D eigenvalue weighted by Crippen LogP contribution is -2.14. The van der Waals surface area contributed by atoms with Gasteiger partial charge in [0.15, 0.2) is 11.5 Å². The van der Waals surface area contributed by atoms with Crippen molar-refractivity contribution in [2.75, 3.05) is 18.5 Å². The Balaban J connectivity index is 1.85. The van der Waals surface area contributed by atoms with Gasteiger partial charge in [0.1, 0.15) is 18.4 Å². The van der Waals surface area contributed by atoms with Crippen molar-refractivity contribution >= 4 is 5.82 Å². The molecule has 0 aliphatic heterocycles. The van der Waals surface area contributed by atoms with Gasteiger partial charge in [-0.15, -0.1) is 0 Å². The van der Waals surface area contributed by atoms with Crippen LogP contribution in [0.2, 0.25) is 0 Å². The maximum absolute atomic E-state index is 8.87. The molecule has 0 amide bonds. The van der Waals surface area contributed by atoms with Gasteiger partial charge in [-0.25, -0.2) is 9.97 Å². The summed E-state index contributed by atoms with van der Waals surface area (Å²) in [6.07, 6.45) is 3.04. The molecule has 0 unspecified atom stereocenters. The number of hydrogen-bond donors (Lipinski definition) is 1. The van der Waals surface area contributed by atoms with Crippen molar-refractivity contribution in [2.24, 2.45) is 0 Å². The van der Waals surface area contributed by atoms with Crippen LogP contribution in [0.1, 0.15) is 11.3 Å². The molecule has 5 heteroatoms. The summed E-state index contributed by atoms with van der Waals surface area (Å²) >= 11 is 0. The van der Waals surface area contributed by atoms with Crippen LogP contribution in [-0.2, 0) is 0 Å². The van der Waals surface area contributed by atoms with Crippen molar-refractivity contribution in [3.05, 3.63) is 47.9 Å². The van der Waals surface area contributed by atoms with Gasteiger partial charge >= 0.3 is 0 Å². The summed E-state index contributed by atoms with van der Waals surface area (Å²) in [6.45, 7) is 3.05. The van der Waals surface area contributed by atoms with E-state index in [1.807, 2.05) is 37.3 Å². The van der Waals surface area contributed by atoms with E-state index in [1.165, 1.54) is 6.20 Å². The van der Waals surface area contributed by atoms with E-state index in [0.29, 0.717) is 24.7 Å². The zero-order chi connectivity index (χ0) is 13.5. The van der Waals surface area contributed by atoms with E-state index in [9.17, 15) is 0 Å². The van der Waals surface area contributed by atoms with Crippen molar-refractivity contribution in [3.8, 4) is 11.8 Å². The summed E-state index contributed by atoms with van der Waals surface area (Å²) in [5, 5.41) is 11.9. The predicted molar refractivity (Wildman–Crippen MR) is 71.9 cm³/mol. The Morgan fingerprint density at radius 1 is 1.26 bits per heavy atom. The van der Waals surface area contributed by atoms with Crippen LogP contribution < -0.4 is 10.1 Å². The molecule has 0 spiro atoms. The molecule has 0 aliphatic carbocycles. The predicted octanol–water partition coefficient (Wildman–Crippen LogP) is 2.15. The van der Waals surface area contributed by atoms with Crippen LogP contribution in [0.25, 0.3) is 0 Å². The second-order valence-electron chi connectivity index (χ2n) is 3.91. The number of hydrogen-bond acceptors (Lipinski definition) is 5. The molecule has 5 nitrogen and oxygen atoms in total. The Morgan fingerprint density at radius 2 is 2.05 bits per heavy atom. The minimum atomic E-state index is 0.290. The van der Waals surface area contributed by atoms with Crippen molar-refractivity contribution in [3.63, 3.8) is 0 Å². The van der Waals surface area contributed by atoms with E-state index < -0.39 is 0 Å². The van der Waals surface area contributed by atoms with Crippen LogP contribution in [-0.4, -0.2) is 23.1 Å². The number of ether oxygens (including phenoxy) is 1. The third kappa shape index (κ3) is 3.42. The fourth-order valence-corrected chi connectivity index (χ4v) is 1.60. The van der Waals surface area contributed by atoms with E-state index in [0.717, 1.165) is 11.3 Å². The molecule has 0 aliphatic rings. The summed E-state index contributed by atoms with van der Waals surface area (Å²) in [6, 6.07) is 9.82. The molecular weight excluding hydrogens is 240 g/mol. The van der Waals surface area contributed by atoms with Gasteiger partial charge < -0.3 is 10.1 Å². The second kappa shape index (κ2) is 6.36. The lowest BCUT2D eigenvalue weighted by Gasteiger charge is -2.10. The largest absolute Gasteiger partial charge is 0.491 e. The number of aromatic nitrogens is 2. The summed E-state index contributed by atoms with van der Waals surface area (Å²) in [5.41, 5.74) is 1.39. The van der Waals surface area contributed by atoms with Gasteiger partial charge in [0.05, 0.1) is 6.54 Å². The summed E-state index contributed by atoms with van der Waals surface area (Å²) in [5.74, 6) is 1.35. The highest BCUT2D eigenvalue weighted by Crippen LogP contribution is 2.15. The first-order valence-electron chi connectivity index (χ1n) is 5.94. The average molecular weight is 254 g/mol. The third-order valence-electron chi connectivity index (χ3n) is 2.55. The number of aryl methyl sites for hydroxylation is 1. The van der Waals surface area contributed by atoms with Gasteiger partial charge in [-0.3, -0.25) is 0 Å². The Bertz CT molecular complexity index is 592. The zero-order valence-electron chi connectivity index (χ0n) is 10.6. The molecule has 0 saturated carbocycles. The minimum absolute atomic E-state index is 0.290. The first-order chi connectivity index (χ1) is 9.31. The monoisotopic (exact) mass is 254 g/mol. The van der Waals surface area contributed by atoms with Crippen LogP contribution in [0.5, 0.6) is 5.75 Å². The first-order valence-corrected chi connectivity index (χ1v) is 5.94. The summed E-state index contributed by atoms with van der Waals surface area (Å²) in [7, 11) is 0. The molecule has 0 saturated heterocycles. The highest BCUT2D eigenvalue weighted by Gasteiger charge is 2.03. The van der Waals surface area contributed by atoms with E-state index in [2.05, 4.69) is 15.3 Å². The maximum atomic E-state index is 8.87. The number of para-hydroxylation sites is 1. The van der Waals surface area contributed by atoms with E-state index in [-0.39, 0.29) is 0 Å². The molecule has 0 atom stereocenters. The molecule has 1 heterocycles. The van der Waals surface area contributed by atoms with Crippen molar-refractivity contribution in [1.29, 1.82) is 5.26 Å². The van der Waals surface area contributed by atoms with E-state index in [4.69, 9.17) is 10.00 Å². The Labute approximate surface area is 111 Å². The van der Waals surface area contributed by atoms with Gasteiger partial charge in [-0.1, -0.05) is 18.2 Å². The Morgan fingerprint density at radius 3 is 2.84 bits per heavy atom. The number of rotatable bonds is 5. The number of nitriles is 1. The highest BCUT2D eigenvalue weighted by atomic mass is 16.5. The number of benzene rings is 1. The lowest BCUT2D eigenvalue weighted by molar-refractivity contribution is 0.330. The molecule has 96 valence electrons. The molecule has 1 aromatic heterocycles. The molecule has 1 N–H and O–H groups in total. The quantitative estimate of drug-likeness (QED) is 0.828. The summed E-state index contributed by atoms with van der Waals surface area (Å²) in [4.78, 5) is 7.98.